The van der Waals surface area contributed by atoms with Crippen molar-refractivity contribution in [1.82, 2.24) is 0 Å². The first-order valence-corrected chi connectivity index (χ1v) is 8.59. The zero-order valence-electron chi connectivity index (χ0n) is 15.8. The summed E-state index contributed by atoms with van der Waals surface area (Å²) in [7, 11) is 0. The van der Waals surface area contributed by atoms with Crippen molar-refractivity contribution < 1.29 is 19.4 Å². The van der Waals surface area contributed by atoms with E-state index in [9.17, 15) is 14.7 Å². The van der Waals surface area contributed by atoms with Crippen molar-refractivity contribution in [2.45, 2.75) is 12.2 Å². The molecule has 1 aliphatic rings. The molecule has 1 aliphatic heterocycles. The fourth-order valence-corrected chi connectivity index (χ4v) is 2.83. The van der Waals surface area contributed by atoms with Crippen LogP contribution in [0.1, 0.15) is 5.56 Å². The molecular weight excluding hydrogens is 433 g/mol. The first kappa shape index (κ1) is 25.2. The molecule has 0 saturated carbocycles. The van der Waals surface area contributed by atoms with Gasteiger partial charge in [0.1, 0.15) is 5.84 Å². The molecular formula is C19H23Cl2N5O4. The summed E-state index contributed by atoms with van der Waals surface area (Å²) >= 11 is 0. The Morgan fingerprint density at radius 3 is 2.33 bits per heavy atom. The van der Waals surface area contributed by atoms with Gasteiger partial charge in [-0.1, -0.05) is 0 Å². The van der Waals surface area contributed by atoms with Crippen molar-refractivity contribution in [3.8, 4) is 0 Å². The van der Waals surface area contributed by atoms with Crippen LogP contribution in [-0.2, 0) is 14.3 Å². The number of aliphatic hydroxyl groups excluding tert-OH is 1. The fourth-order valence-electron chi connectivity index (χ4n) is 2.83. The Morgan fingerprint density at radius 2 is 1.77 bits per heavy atom. The van der Waals surface area contributed by atoms with Gasteiger partial charge in [0.05, 0.1) is 6.61 Å². The van der Waals surface area contributed by atoms with E-state index < -0.39 is 24.0 Å². The van der Waals surface area contributed by atoms with Gasteiger partial charge < -0.3 is 31.5 Å². The summed E-state index contributed by atoms with van der Waals surface area (Å²) < 4.78 is 5.37. The largest absolute Gasteiger partial charge is 0.399 e. The van der Waals surface area contributed by atoms with E-state index in [0.29, 0.717) is 29.2 Å². The van der Waals surface area contributed by atoms with Crippen molar-refractivity contribution in [3.05, 3.63) is 54.1 Å². The lowest BCUT2D eigenvalue weighted by Crippen LogP contribution is -2.55. The van der Waals surface area contributed by atoms with Gasteiger partial charge in [-0.2, -0.15) is 0 Å². The van der Waals surface area contributed by atoms with E-state index in [-0.39, 0.29) is 37.3 Å². The minimum atomic E-state index is -1.68. The average molecular weight is 456 g/mol. The van der Waals surface area contributed by atoms with Gasteiger partial charge in [-0.05, 0) is 48.5 Å². The van der Waals surface area contributed by atoms with Crippen LogP contribution in [0.25, 0.3) is 0 Å². The number of morpholine rings is 1. The van der Waals surface area contributed by atoms with E-state index in [1.54, 1.807) is 48.5 Å². The number of benzene rings is 2. The van der Waals surface area contributed by atoms with Crippen molar-refractivity contribution in [3.63, 3.8) is 0 Å². The lowest BCUT2D eigenvalue weighted by atomic mass is 10.1. The number of nitrogen functional groups attached to an aromatic ring is 2. The van der Waals surface area contributed by atoms with Crippen LogP contribution in [0.3, 0.4) is 0 Å². The van der Waals surface area contributed by atoms with E-state index in [4.69, 9.17) is 21.6 Å². The zero-order chi connectivity index (χ0) is 20.3. The molecule has 2 aromatic rings. The molecule has 0 unspecified atom stereocenters. The lowest BCUT2D eigenvalue weighted by Gasteiger charge is -2.34. The number of anilines is 3. The molecule has 11 heteroatoms. The number of ether oxygens (including phenoxy) is 1. The highest BCUT2D eigenvalue weighted by Crippen LogP contribution is 2.22. The fraction of sp³-hybridized carbons (Fsp3) is 0.211. The summed E-state index contributed by atoms with van der Waals surface area (Å²) in [5.74, 6) is -1.37. The van der Waals surface area contributed by atoms with Crippen LogP contribution in [0.15, 0.2) is 48.5 Å². The normalized spacial score (nSPS) is 16.6. The van der Waals surface area contributed by atoms with Gasteiger partial charge >= 0.3 is 0 Å². The molecule has 1 heterocycles. The van der Waals surface area contributed by atoms with Crippen LogP contribution < -0.4 is 21.7 Å². The Hall–Kier alpha value is -2.85. The zero-order valence-corrected chi connectivity index (χ0v) is 17.4. The molecule has 2 atom stereocenters. The SMILES string of the molecule is Cl.Cl.N=C(N)c1ccc(NC(=O)[C@H](O)[C@H]2OCCN(c3ccc(N)cc3)C2=O)cc1. The van der Waals surface area contributed by atoms with Crippen molar-refractivity contribution in [2.75, 3.05) is 29.1 Å². The molecule has 162 valence electrons. The molecule has 0 spiro atoms. The molecule has 9 nitrogen and oxygen atoms in total. The molecule has 2 amide bonds. The number of nitrogens with two attached hydrogens (primary N) is 2. The second-order valence-electron chi connectivity index (χ2n) is 6.30. The van der Waals surface area contributed by atoms with E-state index in [1.165, 1.54) is 4.90 Å². The Morgan fingerprint density at radius 1 is 1.17 bits per heavy atom. The van der Waals surface area contributed by atoms with Gasteiger partial charge in [0.2, 0.25) is 0 Å². The molecule has 0 radical (unpaired) electrons. The monoisotopic (exact) mass is 455 g/mol. The minimum Gasteiger partial charge on any atom is -0.399 e. The van der Waals surface area contributed by atoms with Crippen molar-refractivity contribution in [1.29, 1.82) is 5.41 Å². The Labute approximate surface area is 185 Å². The number of hydrogen-bond acceptors (Lipinski definition) is 6. The van der Waals surface area contributed by atoms with Gasteiger partial charge in [-0.3, -0.25) is 15.0 Å². The number of aliphatic hydroxyl groups is 1. The van der Waals surface area contributed by atoms with E-state index in [0.717, 1.165) is 0 Å². The number of amidine groups is 1. The molecule has 0 aromatic heterocycles. The van der Waals surface area contributed by atoms with E-state index in [1.807, 2.05) is 0 Å². The molecule has 1 fully saturated rings. The Bertz CT molecular complexity index is 893. The van der Waals surface area contributed by atoms with Gasteiger partial charge in [-0.25, -0.2) is 0 Å². The van der Waals surface area contributed by atoms with E-state index >= 15 is 0 Å². The number of carbonyl (C=O) groups excluding carboxylic acids is 2. The number of rotatable bonds is 5. The summed E-state index contributed by atoms with van der Waals surface area (Å²) in [6.07, 6.45) is -3.00. The highest BCUT2D eigenvalue weighted by molar-refractivity contribution is 6.04. The molecule has 3 rings (SSSR count). The van der Waals surface area contributed by atoms with Gasteiger partial charge in [-0.15, -0.1) is 24.8 Å². The van der Waals surface area contributed by atoms with Crippen LogP contribution in [-0.4, -0.2) is 48.1 Å². The second kappa shape index (κ2) is 10.8. The maximum absolute atomic E-state index is 12.7. The summed E-state index contributed by atoms with van der Waals surface area (Å²) in [5, 5.41) is 20.2. The number of amides is 2. The van der Waals surface area contributed by atoms with Gasteiger partial charge in [0, 0.05) is 29.2 Å². The number of nitrogens with one attached hydrogen (secondary N) is 2. The Kier molecular flexibility index (Phi) is 9.06. The summed E-state index contributed by atoms with van der Waals surface area (Å²) in [4.78, 5) is 26.5. The molecule has 0 bridgehead atoms. The van der Waals surface area contributed by atoms with Crippen LogP contribution in [0.4, 0.5) is 17.1 Å². The third kappa shape index (κ3) is 5.61. The first-order valence-electron chi connectivity index (χ1n) is 8.59. The number of carbonyl (C=O) groups is 2. The molecule has 30 heavy (non-hydrogen) atoms. The number of nitrogens with zero attached hydrogens (tertiary/aromatic N) is 1. The predicted octanol–water partition coefficient (Wildman–Crippen LogP) is 1.13. The average Bonchev–Trinajstić information content (AvgIpc) is 2.69. The highest BCUT2D eigenvalue weighted by Gasteiger charge is 2.39. The first-order chi connectivity index (χ1) is 13.4. The molecule has 0 aliphatic carbocycles. The van der Waals surface area contributed by atoms with E-state index in [2.05, 4.69) is 5.32 Å². The summed E-state index contributed by atoms with van der Waals surface area (Å²) in [5.41, 5.74) is 13.1. The van der Waals surface area contributed by atoms with Crippen LogP contribution in [0.5, 0.6) is 0 Å². The third-order valence-corrected chi connectivity index (χ3v) is 4.35. The standard InChI is InChI=1S/C19H21N5O4.2ClH/c20-12-3-7-14(8-4-12)24-9-10-28-16(19(24)27)15(25)18(26)23-13-5-1-11(2-6-13)17(21)22;;/h1-8,15-16,25H,9-10,20H2,(H3,21,22)(H,23,26);2*1H/t15-,16-;;/m1../s1. The maximum atomic E-state index is 12.7. The minimum absolute atomic E-state index is 0. The smallest absolute Gasteiger partial charge is 0.259 e. The lowest BCUT2D eigenvalue weighted by molar-refractivity contribution is -0.150. The van der Waals surface area contributed by atoms with Gasteiger partial charge in [0.15, 0.2) is 12.2 Å². The van der Waals surface area contributed by atoms with Crippen molar-refractivity contribution in [2.24, 2.45) is 5.73 Å². The summed E-state index contributed by atoms with van der Waals surface area (Å²) in [6.45, 7) is 0.485. The Balaban J connectivity index is 0.00000225. The quantitative estimate of drug-likeness (QED) is 0.258. The number of hydrogen-bond donors (Lipinski definition) is 5. The third-order valence-electron chi connectivity index (χ3n) is 4.35. The topological polar surface area (TPSA) is 155 Å². The molecule has 7 N–H and O–H groups in total. The summed E-state index contributed by atoms with van der Waals surface area (Å²) in [6, 6.07) is 12.9. The number of halogens is 2. The molecule has 2 aromatic carbocycles. The van der Waals surface area contributed by atoms with Crippen LogP contribution >= 0.6 is 24.8 Å². The second-order valence-corrected chi connectivity index (χ2v) is 6.30. The van der Waals surface area contributed by atoms with Crippen molar-refractivity contribution >= 4 is 59.5 Å². The van der Waals surface area contributed by atoms with Crippen LogP contribution in [0.2, 0.25) is 0 Å². The highest BCUT2D eigenvalue weighted by atomic mass is 35.5. The predicted molar refractivity (Wildman–Crippen MR) is 120 cm³/mol. The van der Waals surface area contributed by atoms with Crippen LogP contribution in [0, 0.1) is 5.41 Å². The molecule has 1 saturated heterocycles. The van der Waals surface area contributed by atoms with Gasteiger partial charge in [0.25, 0.3) is 11.8 Å². The maximum Gasteiger partial charge on any atom is 0.259 e.